The topological polar surface area (TPSA) is 55.9 Å². The lowest BCUT2D eigenvalue weighted by molar-refractivity contribution is 0.561. The van der Waals surface area contributed by atoms with Gasteiger partial charge in [-0.15, -0.1) is 0 Å². The molecule has 0 aliphatic heterocycles. The van der Waals surface area contributed by atoms with Gasteiger partial charge in [0, 0.05) is 19.5 Å². The molecule has 0 saturated heterocycles. The molecule has 1 N–H and O–H groups in total. The number of benzene rings is 1. The number of halogens is 1. The minimum absolute atomic E-state index is 0.678. The molecular weight excluding hydrogens is 320 g/mol. The number of nitrogens with one attached hydrogen (secondary N) is 1. The maximum absolute atomic E-state index is 5.51. The van der Waals surface area contributed by atoms with Crippen molar-refractivity contribution in [3.8, 4) is 11.3 Å². The molecule has 0 saturated carbocycles. The number of oxazole rings is 1. The first kappa shape index (κ1) is 13.3. The van der Waals surface area contributed by atoms with Crippen molar-refractivity contribution < 1.29 is 4.42 Å². The normalized spacial score (nSPS) is 11.4. The Labute approximate surface area is 125 Å². The van der Waals surface area contributed by atoms with Gasteiger partial charge in [0.2, 0.25) is 0 Å². The summed E-state index contributed by atoms with van der Waals surface area (Å²) in [6.45, 7) is 2.57. The van der Waals surface area contributed by atoms with Crippen LogP contribution in [0.3, 0.4) is 0 Å². The van der Waals surface area contributed by atoms with E-state index in [9.17, 15) is 0 Å². The molecule has 6 heteroatoms. The van der Waals surface area contributed by atoms with E-state index >= 15 is 0 Å². The lowest BCUT2D eigenvalue weighted by Crippen LogP contribution is -2.10. The second kappa shape index (κ2) is 5.03. The van der Waals surface area contributed by atoms with Crippen LogP contribution >= 0.6 is 15.9 Å². The average Bonchev–Trinajstić information content (AvgIpc) is 2.89. The number of hydrogen-bond acceptors (Lipinski definition) is 4. The van der Waals surface area contributed by atoms with Crippen molar-refractivity contribution in [1.82, 2.24) is 19.9 Å². The molecule has 3 rings (SSSR count). The van der Waals surface area contributed by atoms with Gasteiger partial charge in [-0.05, 0) is 41.2 Å². The van der Waals surface area contributed by atoms with Gasteiger partial charge < -0.3 is 14.3 Å². The van der Waals surface area contributed by atoms with E-state index in [1.54, 1.807) is 0 Å². The van der Waals surface area contributed by atoms with E-state index in [0.29, 0.717) is 5.89 Å². The van der Waals surface area contributed by atoms with Crippen LogP contribution in [0.15, 0.2) is 27.2 Å². The van der Waals surface area contributed by atoms with E-state index in [1.165, 1.54) is 0 Å². The molecular formula is C14H15BrN4O. The first-order valence-corrected chi connectivity index (χ1v) is 7.12. The van der Waals surface area contributed by atoms with Gasteiger partial charge >= 0.3 is 0 Å². The number of nitrogens with zero attached hydrogens (tertiary/aromatic N) is 3. The van der Waals surface area contributed by atoms with Gasteiger partial charge in [0.25, 0.3) is 0 Å². The minimum atomic E-state index is 0.678. The lowest BCUT2D eigenvalue weighted by Gasteiger charge is -2.06. The molecule has 2 aromatic heterocycles. The maximum atomic E-state index is 5.51. The highest BCUT2D eigenvalue weighted by atomic mass is 79.9. The molecule has 0 radical (unpaired) electrons. The average molecular weight is 335 g/mol. The highest BCUT2D eigenvalue weighted by Crippen LogP contribution is 2.30. The monoisotopic (exact) mass is 334 g/mol. The molecule has 1 aromatic carbocycles. The zero-order valence-electron chi connectivity index (χ0n) is 11.6. The first-order chi connectivity index (χ1) is 9.60. The van der Waals surface area contributed by atoms with Crippen LogP contribution in [-0.2, 0) is 13.6 Å². The molecule has 3 aromatic rings. The van der Waals surface area contributed by atoms with Crippen LogP contribution in [0.5, 0.6) is 0 Å². The van der Waals surface area contributed by atoms with Crippen LogP contribution in [0.1, 0.15) is 11.7 Å². The van der Waals surface area contributed by atoms with Crippen molar-refractivity contribution in [2.24, 2.45) is 7.05 Å². The van der Waals surface area contributed by atoms with E-state index in [-0.39, 0.29) is 0 Å². The van der Waals surface area contributed by atoms with Crippen molar-refractivity contribution in [2.45, 2.75) is 13.5 Å². The molecule has 0 unspecified atom stereocenters. The van der Waals surface area contributed by atoms with Crippen LogP contribution < -0.4 is 5.32 Å². The summed E-state index contributed by atoms with van der Waals surface area (Å²) in [6, 6.07) is 6.00. The molecule has 2 heterocycles. The molecule has 0 bridgehead atoms. The quantitative estimate of drug-likeness (QED) is 0.799. The summed E-state index contributed by atoms with van der Waals surface area (Å²) in [5.74, 6) is 1.66. The van der Waals surface area contributed by atoms with Gasteiger partial charge in [-0.25, -0.2) is 9.97 Å². The first-order valence-electron chi connectivity index (χ1n) is 6.33. The predicted octanol–water partition coefficient (Wildman–Crippen LogP) is 3.02. The fourth-order valence-electron chi connectivity index (χ4n) is 2.33. The van der Waals surface area contributed by atoms with Crippen molar-refractivity contribution in [2.75, 3.05) is 7.05 Å². The molecule has 5 nitrogen and oxygen atoms in total. The molecule has 0 spiro atoms. The molecule has 20 heavy (non-hydrogen) atoms. The molecule has 104 valence electrons. The van der Waals surface area contributed by atoms with Crippen LogP contribution in [0.2, 0.25) is 0 Å². The summed E-state index contributed by atoms with van der Waals surface area (Å²) in [4.78, 5) is 8.91. The van der Waals surface area contributed by atoms with Gasteiger partial charge in [-0.2, -0.15) is 0 Å². The molecule has 0 atom stereocenters. The highest BCUT2D eigenvalue weighted by molar-refractivity contribution is 9.10. The van der Waals surface area contributed by atoms with E-state index in [0.717, 1.165) is 39.3 Å². The standard InChI is InChI=1S/C14H15BrN4O/c1-8-17-10-6-9(4-5-11(10)20-8)13-14(15)18-12(7-16-2)19(13)3/h4-6,16H,7H2,1-3H3. The summed E-state index contributed by atoms with van der Waals surface area (Å²) >= 11 is 3.54. The van der Waals surface area contributed by atoms with Gasteiger partial charge in [0.1, 0.15) is 15.9 Å². The van der Waals surface area contributed by atoms with Crippen molar-refractivity contribution in [3.63, 3.8) is 0 Å². The second-order valence-electron chi connectivity index (χ2n) is 4.67. The summed E-state index contributed by atoms with van der Waals surface area (Å²) in [5, 5.41) is 3.12. The van der Waals surface area contributed by atoms with E-state index in [1.807, 2.05) is 39.2 Å². The Morgan fingerprint density at radius 1 is 1.35 bits per heavy atom. The largest absolute Gasteiger partial charge is 0.441 e. The Kier molecular flexibility index (Phi) is 3.35. The van der Waals surface area contributed by atoms with Crippen molar-refractivity contribution in [1.29, 1.82) is 0 Å². The SMILES string of the molecule is CNCc1nc(Br)c(-c2ccc3oc(C)nc3c2)n1C. The third-order valence-corrected chi connectivity index (χ3v) is 3.80. The van der Waals surface area contributed by atoms with Gasteiger partial charge in [-0.3, -0.25) is 0 Å². The van der Waals surface area contributed by atoms with Gasteiger partial charge in [-0.1, -0.05) is 0 Å². The molecule has 0 amide bonds. The Morgan fingerprint density at radius 2 is 2.15 bits per heavy atom. The highest BCUT2D eigenvalue weighted by Gasteiger charge is 2.15. The number of hydrogen-bond donors (Lipinski definition) is 1. The van der Waals surface area contributed by atoms with Crippen molar-refractivity contribution >= 4 is 27.0 Å². The predicted molar refractivity (Wildman–Crippen MR) is 81.4 cm³/mol. The number of fused-ring (bicyclic) bond motifs is 1. The van der Waals surface area contributed by atoms with E-state index in [2.05, 4.69) is 35.8 Å². The van der Waals surface area contributed by atoms with E-state index in [4.69, 9.17) is 4.42 Å². The number of rotatable bonds is 3. The van der Waals surface area contributed by atoms with Gasteiger partial charge in [0.15, 0.2) is 11.5 Å². The molecule has 0 aliphatic carbocycles. The van der Waals surface area contributed by atoms with Crippen molar-refractivity contribution in [3.05, 3.63) is 34.5 Å². The number of aryl methyl sites for hydroxylation is 1. The zero-order valence-corrected chi connectivity index (χ0v) is 13.2. The van der Waals surface area contributed by atoms with Crippen LogP contribution in [0.4, 0.5) is 0 Å². The van der Waals surface area contributed by atoms with Crippen LogP contribution in [0, 0.1) is 6.92 Å². The maximum Gasteiger partial charge on any atom is 0.192 e. The number of imidazole rings is 1. The Morgan fingerprint density at radius 3 is 2.90 bits per heavy atom. The third-order valence-electron chi connectivity index (χ3n) is 3.25. The zero-order chi connectivity index (χ0) is 14.3. The second-order valence-corrected chi connectivity index (χ2v) is 5.42. The van der Waals surface area contributed by atoms with E-state index < -0.39 is 0 Å². The van der Waals surface area contributed by atoms with Crippen LogP contribution in [0.25, 0.3) is 22.4 Å². The van der Waals surface area contributed by atoms with Crippen LogP contribution in [-0.4, -0.2) is 21.6 Å². The summed E-state index contributed by atoms with van der Waals surface area (Å²) < 4.78 is 8.42. The van der Waals surface area contributed by atoms with Gasteiger partial charge in [0.05, 0.1) is 12.2 Å². The molecule has 0 aliphatic rings. The molecule has 0 fully saturated rings. The smallest absolute Gasteiger partial charge is 0.192 e. The lowest BCUT2D eigenvalue weighted by atomic mass is 10.1. The minimum Gasteiger partial charge on any atom is -0.441 e. The summed E-state index contributed by atoms with van der Waals surface area (Å²) in [5.41, 5.74) is 3.77. The summed E-state index contributed by atoms with van der Waals surface area (Å²) in [6.07, 6.45) is 0. The fraction of sp³-hybridized carbons (Fsp3) is 0.286. The Balaban J connectivity index is 2.14. The fourth-order valence-corrected chi connectivity index (χ4v) is 3.03. The Hall–Kier alpha value is -1.66. The third kappa shape index (κ3) is 2.14. The summed E-state index contributed by atoms with van der Waals surface area (Å²) in [7, 11) is 3.92. The number of aromatic nitrogens is 3. The Bertz CT molecular complexity index is 775.